The fourth-order valence-electron chi connectivity index (χ4n) is 2.11. The Morgan fingerprint density at radius 2 is 1.82 bits per heavy atom. The second kappa shape index (κ2) is 5.38. The van der Waals surface area contributed by atoms with Gasteiger partial charge in [0.25, 0.3) is 5.89 Å². The number of para-hydroxylation sites is 1. The van der Waals surface area contributed by atoms with Gasteiger partial charge in [-0.05, 0) is 30.7 Å². The van der Waals surface area contributed by atoms with E-state index in [1.54, 1.807) is 13.0 Å². The Balaban J connectivity index is 2.23. The highest BCUT2D eigenvalue weighted by Gasteiger charge is 2.20. The van der Waals surface area contributed by atoms with Gasteiger partial charge in [0.1, 0.15) is 17.3 Å². The standard InChI is InChI=1S/C15H9ClF2N2O2/c1-8-4-2-7-11(18)13(8)20-15(21)22-14(19-20)12-9(16)5-3-6-10(12)17/h2-7H,1H3. The van der Waals surface area contributed by atoms with Crippen LogP contribution in [0.4, 0.5) is 8.78 Å². The van der Waals surface area contributed by atoms with Gasteiger partial charge in [-0.25, -0.2) is 13.6 Å². The zero-order valence-corrected chi connectivity index (χ0v) is 12.1. The van der Waals surface area contributed by atoms with Crippen molar-refractivity contribution in [2.45, 2.75) is 6.92 Å². The van der Waals surface area contributed by atoms with E-state index in [4.69, 9.17) is 16.0 Å². The molecule has 0 spiro atoms. The van der Waals surface area contributed by atoms with Gasteiger partial charge >= 0.3 is 5.76 Å². The summed E-state index contributed by atoms with van der Waals surface area (Å²) in [5.74, 6) is -2.56. The number of rotatable bonds is 2. The molecule has 0 bridgehead atoms. The van der Waals surface area contributed by atoms with Crippen molar-refractivity contribution in [3.8, 4) is 17.1 Å². The van der Waals surface area contributed by atoms with E-state index in [2.05, 4.69) is 5.10 Å². The fraction of sp³-hybridized carbons (Fsp3) is 0.0667. The van der Waals surface area contributed by atoms with Crippen LogP contribution in [0.2, 0.25) is 5.02 Å². The average molecular weight is 323 g/mol. The van der Waals surface area contributed by atoms with Crippen molar-refractivity contribution in [3.63, 3.8) is 0 Å². The van der Waals surface area contributed by atoms with Crippen LogP contribution in [0, 0.1) is 18.6 Å². The van der Waals surface area contributed by atoms with Crippen LogP contribution >= 0.6 is 11.6 Å². The molecule has 0 aliphatic rings. The maximum absolute atomic E-state index is 13.9. The van der Waals surface area contributed by atoms with Crippen LogP contribution in [-0.2, 0) is 0 Å². The topological polar surface area (TPSA) is 48.0 Å². The molecule has 0 unspecified atom stereocenters. The van der Waals surface area contributed by atoms with Gasteiger partial charge < -0.3 is 4.42 Å². The summed E-state index contributed by atoms with van der Waals surface area (Å²) >= 11 is 5.91. The molecule has 0 amide bonds. The van der Waals surface area contributed by atoms with Gasteiger partial charge in [0.15, 0.2) is 0 Å². The summed E-state index contributed by atoms with van der Waals surface area (Å²) in [6.45, 7) is 1.62. The predicted octanol–water partition coefficient (Wildman–Crippen LogP) is 3.73. The highest BCUT2D eigenvalue weighted by atomic mass is 35.5. The largest absolute Gasteiger partial charge is 0.442 e. The number of aryl methyl sites for hydroxylation is 1. The lowest BCUT2D eigenvalue weighted by Crippen LogP contribution is -2.16. The van der Waals surface area contributed by atoms with Gasteiger partial charge in [-0.15, -0.1) is 5.10 Å². The van der Waals surface area contributed by atoms with E-state index < -0.39 is 17.4 Å². The van der Waals surface area contributed by atoms with Crippen molar-refractivity contribution >= 4 is 11.6 Å². The first kappa shape index (κ1) is 14.5. The molecule has 0 fully saturated rings. The van der Waals surface area contributed by atoms with Crippen molar-refractivity contribution in [1.29, 1.82) is 0 Å². The van der Waals surface area contributed by atoms with E-state index in [-0.39, 0.29) is 22.2 Å². The minimum absolute atomic E-state index is 0.0404. The molecular weight excluding hydrogens is 314 g/mol. The number of aromatic nitrogens is 2. The Morgan fingerprint density at radius 1 is 1.14 bits per heavy atom. The summed E-state index contributed by atoms with van der Waals surface area (Å²) in [6.07, 6.45) is 0. The molecule has 0 atom stereocenters. The molecule has 0 radical (unpaired) electrons. The molecule has 112 valence electrons. The molecule has 3 aromatic rings. The highest BCUT2D eigenvalue weighted by molar-refractivity contribution is 6.33. The van der Waals surface area contributed by atoms with Crippen LogP contribution in [0.25, 0.3) is 17.1 Å². The molecule has 1 aromatic heterocycles. The Labute approximate surface area is 128 Å². The average Bonchev–Trinajstić information content (AvgIpc) is 2.80. The quantitative estimate of drug-likeness (QED) is 0.722. The van der Waals surface area contributed by atoms with Crippen molar-refractivity contribution in [1.82, 2.24) is 9.78 Å². The summed E-state index contributed by atoms with van der Waals surface area (Å²) in [5.41, 5.74) is 0.297. The van der Waals surface area contributed by atoms with E-state index in [1.165, 1.54) is 24.3 Å². The maximum Gasteiger partial charge on any atom is 0.442 e. The second-order valence-electron chi connectivity index (χ2n) is 4.59. The van der Waals surface area contributed by atoms with Crippen LogP contribution in [-0.4, -0.2) is 9.78 Å². The third-order valence-corrected chi connectivity index (χ3v) is 3.44. The molecule has 3 rings (SSSR count). The van der Waals surface area contributed by atoms with E-state index in [0.717, 1.165) is 10.7 Å². The Hall–Kier alpha value is -2.47. The minimum Gasteiger partial charge on any atom is -0.387 e. The molecule has 7 heteroatoms. The van der Waals surface area contributed by atoms with Gasteiger partial charge in [-0.1, -0.05) is 29.8 Å². The van der Waals surface area contributed by atoms with Gasteiger partial charge in [0.2, 0.25) is 0 Å². The van der Waals surface area contributed by atoms with Crippen molar-refractivity contribution < 1.29 is 13.2 Å². The SMILES string of the molecule is Cc1cccc(F)c1-n1nc(-c2c(F)cccc2Cl)oc1=O. The lowest BCUT2D eigenvalue weighted by atomic mass is 10.2. The van der Waals surface area contributed by atoms with Crippen LogP contribution in [0.5, 0.6) is 0 Å². The van der Waals surface area contributed by atoms with E-state index >= 15 is 0 Å². The Bertz CT molecular complexity index is 878. The van der Waals surface area contributed by atoms with Gasteiger partial charge in [-0.2, -0.15) is 4.68 Å². The summed E-state index contributed by atoms with van der Waals surface area (Å²) < 4.78 is 33.5. The molecule has 1 heterocycles. The van der Waals surface area contributed by atoms with E-state index in [0.29, 0.717) is 5.56 Å². The number of halogens is 3. The van der Waals surface area contributed by atoms with Crippen LogP contribution in [0.1, 0.15) is 5.56 Å². The second-order valence-corrected chi connectivity index (χ2v) is 4.99. The highest BCUT2D eigenvalue weighted by Crippen LogP contribution is 2.29. The number of benzene rings is 2. The lowest BCUT2D eigenvalue weighted by Gasteiger charge is -2.04. The van der Waals surface area contributed by atoms with Gasteiger partial charge in [-0.3, -0.25) is 0 Å². The number of hydrogen-bond donors (Lipinski definition) is 0. The Kier molecular flexibility index (Phi) is 3.54. The van der Waals surface area contributed by atoms with Gasteiger partial charge in [0.05, 0.1) is 10.6 Å². The summed E-state index contributed by atoms with van der Waals surface area (Å²) in [5, 5.41) is 3.91. The molecule has 0 aliphatic carbocycles. The van der Waals surface area contributed by atoms with Crippen molar-refractivity contribution in [3.05, 3.63) is 69.2 Å². The first-order valence-corrected chi connectivity index (χ1v) is 6.67. The predicted molar refractivity (Wildman–Crippen MR) is 77.2 cm³/mol. The molecule has 0 saturated heterocycles. The van der Waals surface area contributed by atoms with E-state index in [1.807, 2.05) is 0 Å². The molecule has 22 heavy (non-hydrogen) atoms. The van der Waals surface area contributed by atoms with Crippen LogP contribution in [0.15, 0.2) is 45.6 Å². The summed E-state index contributed by atoms with van der Waals surface area (Å²) in [7, 11) is 0. The molecule has 0 saturated carbocycles. The maximum atomic E-state index is 13.9. The normalized spacial score (nSPS) is 10.9. The van der Waals surface area contributed by atoms with Crippen LogP contribution < -0.4 is 5.76 Å². The summed E-state index contributed by atoms with van der Waals surface area (Å²) in [4.78, 5) is 11.9. The molecule has 0 N–H and O–H groups in total. The van der Waals surface area contributed by atoms with Gasteiger partial charge in [0, 0.05) is 0 Å². The van der Waals surface area contributed by atoms with E-state index in [9.17, 15) is 13.6 Å². The van der Waals surface area contributed by atoms with Crippen LogP contribution in [0.3, 0.4) is 0 Å². The first-order chi connectivity index (χ1) is 10.5. The summed E-state index contributed by atoms with van der Waals surface area (Å²) in [6, 6.07) is 8.33. The molecule has 0 aliphatic heterocycles. The molecule has 4 nitrogen and oxygen atoms in total. The monoisotopic (exact) mass is 322 g/mol. The fourth-order valence-corrected chi connectivity index (χ4v) is 2.36. The third-order valence-electron chi connectivity index (χ3n) is 3.12. The van der Waals surface area contributed by atoms with Crippen molar-refractivity contribution in [2.75, 3.05) is 0 Å². The van der Waals surface area contributed by atoms with Crippen molar-refractivity contribution in [2.24, 2.45) is 0 Å². The Morgan fingerprint density at radius 3 is 2.50 bits per heavy atom. The third kappa shape index (κ3) is 2.31. The molecular formula is C15H9ClF2N2O2. The molecule has 2 aromatic carbocycles. The smallest absolute Gasteiger partial charge is 0.387 e. The minimum atomic E-state index is -0.928. The zero-order chi connectivity index (χ0) is 15.9. The lowest BCUT2D eigenvalue weighted by molar-refractivity contribution is 0.507. The number of hydrogen-bond acceptors (Lipinski definition) is 3. The first-order valence-electron chi connectivity index (χ1n) is 6.29. The zero-order valence-electron chi connectivity index (χ0n) is 11.3. The number of nitrogens with zero attached hydrogens (tertiary/aromatic N) is 2.